The van der Waals surface area contributed by atoms with Crippen LogP contribution in [-0.2, 0) is 15.4 Å². The van der Waals surface area contributed by atoms with Gasteiger partial charge in [0.25, 0.3) is 0 Å². The normalized spacial score (nSPS) is 24.3. The fourth-order valence-corrected chi connectivity index (χ4v) is 4.70. The van der Waals surface area contributed by atoms with E-state index in [1.807, 2.05) is 33.3 Å². The Kier molecular flexibility index (Phi) is 4.72. The van der Waals surface area contributed by atoms with Crippen LogP contribution >= 0.6 is 0 Å². The minimum atomic E-state index is -3.18. The highest BCUT2D eigenvalue weighted by molar-refractivity contribution is 7.91. The fourth-order valence-electron chi connectivity index (χ4n) is 3.00. The maximum atomic E-state index is 12.3. The van der Waals surface area contributed by atoms with E-state index in [4.69, 9.17) is 5.73 Å². The molecule has 5 nitrogen and oxygen atoms in total. The van der Waals surface area contributed by atoms with Crippen molar-refractivity contribution < 1.29 is 8.42 Å². The van der Waals surface area contributed by atoms with Crippen LogP contribution in [0.25, 0.3) is 0 Å². The maximum absolute atomic E-state index is 12.3. The van der Waals surface area contributed by atoms with Crippen molar-refractivity contribution in [3.63, 3.8) is 0 Å². The quantitative estimate of drug-likeness (QED) is 0.858. The number of nitrogens with zero attached hydrogens (tertiary/aromatic N) is 2. The smallest absolute Gasteiger partial charge is 0.178 e. The van der Waals surface area contributed by atoms with Crippen molar-refractivity contribution in [2.24, 2.45) is 5.73 Å². The van der Waals surface area contributed by atoms with Crippen LogP contribution in [0.5, 0.6) is 0 Å². The van der Waals surface area contributed by atoms with Crippen molar-refractivity contribution in [2.45, 2.75) is 16.9 Å². The summed E-state index contributed by atoms with van der Waals surface area (Å²) in [5.41, 5.74) is 6.56. The molecule has 0 spiro atoms. The molecule has 1 heterocycles. The Morgan fingerprint density at radius 2 is 1.86 bits per heavy atom. The zero-order valence-corrected chi connectivity index (χ0v) is 13.9. The van der Waals surface area contributed by atoms with E-state index >= 15 is 0 Å². The van der Waals surface area contributed by atoms with E-state index in [0.29, 0.717) is 17.9 Å². The number of nitrogens with two attached hydrogens (primary N) is 1. The van der Waals surface area contributed by atoms with Gasteiger partial charge in [-0.15, -0.1) is 0 Å². The van der Waals surface area contributed by atoms with E-state index in [-0.39, 0.29) is 5.75 Å². The molecule has 1 aliphatic heterocycles. The number of likely N-dealkylation sites (N-methyl/N-ethyl adjacent to an activating group) is 2. The van der Waals surface area contributed by atoms with Crippen LogP contribution in [0.15, 0.2) is 29.2 Å². The predicted octanol–water partition coefficient (Wildman–Crippen LogP) is 0.511. The van der Waals surface area contributed by atoms with Gasteiger partial charge in [0.15, 0.2) is 9.84 Å². The summed E-state index contributed by atoms with van der Waals surface area (Å²) in [6.45, 7) is 2.18. The Morgan fingerprint density at radius 3 is 2.48 bits per heavy atom. The van der Waals surface area contributed by atoms with Crippen molar-refractivity contribution in [1.29, 1.82) is 0 Å². The summed E-state index contributed by atoms with van der Waals surface area (Å²) in [5, 5.41) is 0. The molecule has 6 heteroatoms. The number of sulfone groups is 1. The first-order chi connectivity index (χ1) is 9.83. The predicted molar refractivity (Wildman–Crippen MR) is 85.0 cm³/mol. The molecule has 0 fully saturated rings. The van der Waals surface area contributed by atoms with E-state index in [9.17, 15) is 8.42 Å². The highest BCUT2D eigenvalue weighted by Crippen LogP contribution is 2.39. The molecule has 1 aliphatic rings. The van der Waals surface area contributed by atoms with Crippen molar-refractivity contribution in [1.82, 2.24) is 9.80 Å². The van der Waals surface area contributed by atoms with E-state index in [0.717, 1.165) is 18.7 Å². The molecule has 118 valence electrons. The van der Waals surface area contributed by atoms with Gasteiger partial charge in [-0.25, -0.2) is 8.42 Å². The molecule has 0 amide bonds. The summed E-state index contributed by atoms with van der Waals surface area (Å²) in [6.07, 6.45) is 0.548. The first kappa shape index (κ1) is 16.4. The van der Waals surface area contributed by atoms with Crippen LogP contribution in [0.3, 0.4) is 0 Å². The lowest BCUT2D eigenvalue weighted by Gasteiger charge is -2.45. The zero-order chi connectivity index (χ0) is 15.7. The summed E-state index contributed by atoms with van der Waals surface area (Å²) < 4.78 is 24.6. The molecule has 0 aliphatic carbocycles. The van der Waals surface area contributed by atoms with E-state index < -0.39 is 15.4 Å². The molecular formula is C15H25N3O2S. The topological polar surface area (TPSA) is 66.6 Å². The fraction of sp³-hybridized carbons (Fsp3) is 0.600. The molecule has 0 saturated heterocycles. The molecule has 2 N–H and O–H groups in total. The van der Waals surface area contributed by atoms with Gasteiger partial charge in [0, 0.05) is 19.6 Å². The number of hydrogen-bond donors (Lipinski definition) is 1. The van der Waals surface area contributed by atoms with Crippen LogP contribution in [0.2, 0.25) is 0 Å². The van der Waals surface area contributed by atoms with Crippen molar-refractivity contribution in [2.75, 3.05) is 46.5 Å². The highest BCUT2D eigenvalue weighted by Gasteiger charge is 2.43. The summed E-state index contributed by atoms with van der Waals surface area (Å²) in [6, 6.07) is 7.28. The van der Waals surface area contributed by atoms with Gasteiger partial charge in [-0.1, -0.05) is 18.2 Å². The van der Waals surface area contributed by atoms with Crippen LogP contribution in [0.4, 0.5) is 0 Å². The third kappa shape index (κ3) is 2.99. The second kappa shape index (κ2) is 6.04. The first-order valence-electron chi connectivity index (χ1n) is 7.22. The lowest BCUT2D eigenvalue weighted by atomic mass is 9.85. The molecule has 0 radical (unpaired) electrons. The van der Waals surface area contributed by atoms with E-state index in [2.05, 4.69) is 9.80 Å². The van der Waals surface area contributed by atoms with Crippen molar-refractivity contribution in [3.8, 4) is 0 Å². The Bertz CT molecular complexity index is 601. The minimum absolute atomic E-state index is 0.160. The molecular weight excluding hydrogens is 286 g/mol. The molecule has 21 heavy (non-hydrogen) atoms. The summed E-state index contributed by atoms with van der Waals surface area (Å²) in [5.74, 6) is 0.160. The first-order valence-corrected chi connectivity index (χ1v) is 8.87. The molecule has 0 saturated carbocycles. The standard InChI is InChI=1S/C15H25N3O2S/c1-17(2)9-10-18(3)15(12-16)8-11-21(19,20)14-7-5-4-6-13(14)15/h4-7H,8-12,16H2,1-3H3. The molecule has 1 atom stereocenters. The SMILES string of the molecule is CN(C)CCN(C)C1(CN)CCS(=O)(=O)c2ccccc21. The monoisotopic (exact) mass is 311 g/mol. The van der Waals surface area contributed by atoms with Crippen LogP contribution < -0.4 is 5.73 Å². The second-order valence-corrected chi connectivity index (χ2v) is 8.10. The summed E-state index contributed by atoms with van der Waals surface area (Å²) in [4.78, 5) is 4.77. The second-order valence-electron chi connectivity index (χ2n) is 6.03. The number of hydrogen-bond acceptors (Lipinski definition) is 5. The van der Waals surface area contributed by atoms with Crippen LogP contribution in [0.1, 0.15) is 12.0 Å². The van der Waals surface area contributed by atoms with Gasteiger partial charge in [0.1, 0.15) is 0 Å². The number of rotatable bonds is 5. The molecule has 1 aromatic rings. The Hall–Kier alpha value is -0.950. The maximum Gasteiger partial charge on any atom is 0.178 e. The number of benzene rings is 1. The molecule has 1 unspecified atom stereocenters. The Labute approximate surface area is 127 Å². The average molecular weight is 311 g/mol. The molecule has 1 aromatic carbocycles. The average Bonchev–Trinajstić information content (AvgIpc) is 2.46. The Balaban J connectivity index is 2.45. The summed E-state index contributed by atoms with van der Waals surface area (Å²) >= 11 is 0. The zero-order valence-electron chi connectivity index (χ0n) is 13.0. The number of fused-ring (bicyclic) bond motifs is 1. The summed E-state index contributed by atoms with van der Waals surface area (Å²) in [7, 11) is 2.91. The van der Waals surface area contributed by atoms with Crippen molar-refractivity contribution in [3.05, 3.63) is 29.8 Å². The van der Waals surface area contributed by atoms with Gasteiger partial charge in [0.05, 0.1) is 16.2 Å². The molecule has 0 aromatic heterocycles. The third-order valence-electron chi connectivity index (χ3n) is 4.46. The van der Waals surface area contributed by atoms with Gasteiger partial charge in [-0.05, 0) is 39.2 Å². The van der Waals surface area contributed by atoms with Crippen molar-refractivity contribution >= 4 is 9.84 Å². The van der Waals surface area contributed by atoms with Gasteiger partial charge in [-0.2, -0.15) is 0 Å². The van der Waals surface area contributed by atoms with Gasteiger partial charge >= 0.3 is 0 Å². The van der Waals surface area contributed by atoms with Crippen LogP contribution in [-0.4, -0.2) is 64.7 Å². The van der Waals surface area contributed by atoms with Gasteiger partial charge < -0.3 is 10.6 Å². The largest absolute Gasteiger partial charge is 0.328 e. The van der Waals surface area contributed by atoms with E-state index in [1.165, 1.54) is 0 Å². The lowest BCUT2D eigenvalue weighted by molar-refractivity contribution is 0.105. The Morgan fingerprint density at radius 1 is 1.19 bits per heavy atom. The van der Waals surface area contributed by atoms with Gasteiger partial charge in [-0.3, -0.25) is 4.90 Å². The third-order valence-corrected chi connectivity index (χ3v) is 6.23. The lowest BCUT2D eigenvalue weighted by Crippen LogP contribution is -2.54. The van der Waals surface area contributed by atoms with Gasteiger partial charge in [0.2, 0.25) is 0 Å². The van der Waals surface area contributed by atoms with E-state index in [1.54, 1.807) is 12.1 Å². The minimum Gasteiger partial charge on any atom is -0.328 e. The highest BCUT2D eigenvalue weighted by atomic mass is 32.2. The molecule has 2 rings (SSSR count). The molecule has 0 bridgehead atoms. The van der Waals surface area contributed by atoms with Crippen LogP contribution in [0, 0.1) is 0 Å².